The number of aromatic nitrogens is 1. The number of thiazole rings is 1. The Bertz CT molecular complexity index is 875. The molecule has 1 N–H and O–H groups in total. The zero-order chi connectivity index (χ0) is 17.1. The maximum atomic E-state index is 12.3. The van der Waals surface area contributed by atoms with E-state index in [-0.39, 0.29) is 5.91 Å². The number of aryl methyl sites for hydroxylation is 1. The van der Waals surface area contributed by atoms with Crippen molar-refractivity contribution in [2.45, 2.75) is 13.3 Å². The highest BCUT2D eigenvalue weighted by molar-refractivity contribution is 7.14. The third kappa shape index (κ3) is 3.78. The average Bonchev–Trinajstić information content (AvgIpc) is 3.03. The summed E-state index contributed by atoms with van der Waals surface area (Å²) in [7, 11) is 0. The highest BCUT2D eigenvalue weighted by Gasteiger charge is 2.13. The fourth-order valence-corrected chi connectivity index (χ4v) is 3.42. The summed E-state index contributed by atoms with van der Waals surface area (Å²) in [5.41, 5.74) is 3.50. The molecular weight excluding hydrogens is 363 g/mol. The second kappa shape index (κ2) is 7.34. The minimum atomic E-state index is -0.307. The van der Waals surface area contributed by atoms with E-state index < -0.39 is 0 Å². The lowest BCUT2D eigenvalue weighted by atomic mass is 10.1. The summed E-state index contributed by atoms with van der Waals surface area (Å²) >= 11 is 13.3. The van der Waals surface area contributed by atoms with Crippen LogP contribution in [0.1, 0.15) is 22.8 Å². The van der Waals surface area contributed by atoms with Crippen molar-refractivity contribution in [1.82, 2.24) is 4.98 Å². The number of anilines is 1. The Kier molecular flexibility index (Phi) is 5.19. The molecule has 0 bridgehead atoms. The van der Waals surface area contributed by atoms with E-state index in [4.69, 9.17) is 23.2 Å². The third-order valence-electron chi connectivity index (χ3n) is 3.56. The molecule has 0 aliphatic rings. The predicted molar refractivity (Wildman–Crippen MR) is 101 cm³/mol. The molecule has 0 saturated heterocycles. The molecule has 3 aromatic rings. The van der Waals surface area contributed by atoms with Crippen LogP contribution < -0.4 is 5.32 Å². The molecule has 0 unspecified atom stereocenters. The van der Waals surface area contributed by atoms with Gasteiger partial charge in [-0.25, -0.2) is 4.98 Å². The summed E-state index contributed by atoms with van der Waals surface area (Å²) in [4.78, 5) is 16.8. The number of nitrogens with one attached hydrogen (secondary N) is 1. The molecule has 24 heavy (non-hydrogen) atoms. The van der Waals surface area contributed by atoms with Gasteiger partial charge in [-0.1, -0.05) is 54.4 Å². The second-order valence-corrected chi connectivity index (χ2v) is 6.87. The number of rotatable bonds is 4. The SMILES string of the molecule is CCc1ccc(-c2csc(NC(=O)c3ccc(Cl)cc3Cl)n2)cc1. The van der Waals surface area contributed by atoms with Crippen molar-refractivity contribution in [1.29, 1.82) is 0 Å². The van der Waals surface area contributed by atoms with E-state index in [1.807, 2.05) is 17.5 Å². The fraction of sp³-hybridized carbons (Fsp3) is 0.111. The van der Waals surface area contributed by atoms with Crippen LogP contribution in [-0.4, -0.2) is 10.9 Å². The summed E-state index contributed by atoms with van der Waals surface area (Å²) in [5, 5.41) is 6.02. The van der Waals surface area contributed by atoms with Crippen LogP contribution in [0.4, 0.5) is 5.13 Å². The van der Waals surface area contributed by atoms with Crippen molar-refractivity contribution >= 4 is 45.6 Å². The van der Waals surface area contributed by atoms with Gasteiger partial charge in [0, 0.05) is 16.0 Å². The van der Waals surface area contributed by atoms with Gasteiger partial charge in [-0.2, -0.15) is 0 Å². The molecule has 1 heterocycles. The number of amides is 1. The first-order valence-corrected chi connectivity index (χ1v) is 9.01. The van der Waals surface area contributed by atoms with Crippen LogP contribution in [0.15, 0.2) is 47.8 Å². The molecule has 0 aliphatic carbocycles. The van der Waals surface area contributed by atoms with E-state index in [0.717, 1.165) is 17.7 Å². The van der Waals surface area contributed by atoms with Crippen LogP contribution in [0.25, 0.3) is 11.3 Å². The Morgan fingerprint density at radius 3 is 2.58 bits per heavy atom. The van der Waals surface area contributed by atoms with Gasteiger partial charge in [0.05, 0.1) is 16.3 Å². The summed E-state index contributed by atoms with van der Waals surface area (Å²) in [6, 6.07) is 13.0. The Morgan fingerprint density at radius 1 is 1.17 bits per heavy atom. The number of benzene rings is 2. The van der Waals surface area contributed by atoms with Gasteiger partial charge < -0.3 is 0 Å². The van der Waals surface area contributed by atoms with Crippen LogP contribution in [0.5, 0.6) is 0 Å². The smallest absolute Gasteiger partial charge is 0.258 e. The van der Waals surface area contributed by atoms with Gasteiger partial charge in [0.25, 0.3) is 5.91 Å². The summed E-state index contributed by atoms with van der Waals surface area (Å²) < 4.78 is 0. The van der Waals surface area contributed by atoms with Crippen LogP contribution in [0.2, 0.25) is 10.0 Å². The molecule has 0 spiro atoms. The minimum absolute atomic E-state index is 0.307. The van der Waals surface area contributed by atoms with Gasteiger partial charge in [0.2, 0.25) is 0 Å². The van der Waals surface area contributed by atoms with E-state index in [2.05, 4.69) is 29.4 Å². The number of carbonyl (C=O) groups is 1. The molecule has 3 rings (SSSR count). The lowest BCUT2D eigenvalue weighted by molar-refractivity contribution is 0.102. The van der Waals surface area contributed by atoms with Gasteiger partial charge in [-0.05, 0) is 30.2 Å². The van der Waals surface area contributed by atoms with Crippen molar-refractivity contribution in [2.24, 2.45) is 0 Å². The Labute approximate surface area is 154 Å². The van der Waals surface area contributed by atoms with E-state index in [9.17, 15) is 4.79 Å². The molecule has 3 nitrogen and oxygen atoms in total. The highest BCUT2D eigenvalue weighted by atomic mass is 35.5. The molecule has 0 saturated carbocycles. The number of carbonyl (C=O) groups excluding carboxylic acids is 1. The first kappa shape index (κ1) is 17.0. The van der Waals surface area contributed by atoms with Crippen LogP contribution in [-0.2, 0) is 6.42 Å². The van der Waals surface area contributed by atoms with Crippen molar-refractivity contribution in [2.75, 3.05) is 5.32 Å². The standard InChI is InChI=1S/C18H14Cl2N2OS/c1-2-11-3-5-12(6-4-11)16-10-24-18(21-16)22-17(23)14-8-7-13(19)9-15(14)20/h3-10H,2H2,1H3,(H,21,22,23). The van der Waals surface area contributed by atoms with Crippen molar-refractivity contribution in [3.63, 3.8) is 0 Å². The number of hydrogen-bond acceptors (Lipinski definition) is 3. The molecule has 0 radical (unpaired) electrons. The lowest BCUT2D eigenvalue weighted by Crippen LogP contribution is -2.12. The number of nitrogens with zero attached hydrogens (tertiary/aromatic N) is 1. The van der Waals surface area contributed by atoms with E-state index >= 15 is 0 Å². The van der Waals surface area contributed by atoms with Crippen molar-refractivity contribution in [3.8, 4) is 11.3 Å². The van der Waals surface area contributed by atoms with Crippen molar-refractivity contribution < 1.29 is 4.79 Å². The molecule has 0 fully saturated rings. The Hall–Kier alpha value is -1.88. The molecule has 2 aromatic carbocycles. The second-order valence-electron chi connectivity index (χ2n) is 5.17. The number of halogens is 2. The number of hydrogen-bond donors (Lipinski definition) is 1. The largest absolute Gasteiger partial charge is 0.298 e. The molecule has 0 aliphatic heterocycles. The van der Waals surface area contributed by atoms with Crippen LogP contribution >= 0.6 is 34.5 Å². The quantitative estimate of drug-likeness (QED) is 0.612. The first-order chi connectivity index (χ1) is 11.6. The summed E-state index contributed by atoms with van der Waals surface area (Å²) in [5.74, 6) is -0.307. The average molecular weight is 377 g/mol. The molecule has 1 aromatic heterocycles. The van der Waals surface area contributed by atoms with E-state index in [1.165, 1.54) is 16.9 Å². The Morgan fingerprint density at radius 2 is 1.92 bits per heavy atom. The predicted octanol–water partition coefficient (Wildman–Crippen LogP) is 5.93. The maximum absolute atomic E-state index is 12.3. The Balaban J connectivity index is 1.76. The maximum Gasteiger partial charge on any atom is 0.258 e. The normalized spacial score (nSPS) is 10.6. The third-order valence-corrected chi connectivity index (χ3v) is 4.86. The van der Waals surface area contributed by atoms with Gasteiger partial charge in [-0.3, -0.25) is 10.1 Å². The molecular formula is C18H14Cl2N2OS. The highest BCUT2D eigenvalue weighted by Crippen LogP contribution is 2.27. The minimum Gasteiger partial charge on any atom is -0.298 e. The van der Waals surface area contributed by atoms with Crippen molar-refractivity contribution in [3.05, 3.63) is 69.0 Å². The summed E-state index contributed by atoms with van der Waals surface area (Å²) in [6.07, 6.45) is 1.00. The fourth-order valence-electron chi connectivity index (χ4n) is 2.21. The van der Waals surface area contributed by atoms with E-state index in [1.54, 1.807) is 18.2 Å². The monoisotopic (exact) mass is 376 g/mol. The zero-order valence-corrected chi connectivity index (χ0v) is 15.2. The van der Waals surface area contributed by atoms with Crippen LogP contribution in [0.3, 0.4) is 0 Å². The van der Waals surface area contributed by atoms with Gasteiger partial charge in [0.15, 0.2) is 5.13 Å². The van der Waals surface area contributed by atoms with Gasteiger partial charge >= 0.3 is 0 Å². The summed E-state index contributed by atoms with van der Waals surface area (Å²) in [6.45, 7) is 2.12. The van der Waals surface area contributed by atoms with Gasteiger partial charge in [0.1, 0.15) is 0 Å². The van der Waals surface area contributed by atoms with Gasteiger partial charge in [-0.15, -0.1) is 11.3 Å². The van der Waals surface area contributed by atoms with Crippen LogP contribution in [0, 0.1) is 0 Å². The molecule has 1 amide bonds. The molecule has 122 valence electrons. The first-order valence-electron chi connectivity index (χ1n) is 7.38. The molecule has 6 heteroatoms. The zero-order valence-electron chi connectivity index (χ0n) is 12.8. The van der Waals surface area contributed by atoms with E-state index in [0.29, 0.717) is 20.7 Å². The molecule has 0 atom stereocenters. The lowest BCUT2D eigenvalue weighted by Gasteiger charge is -2.04. The topological polar surface area (TPSA) is 42.0 Å².